The van der Waals surface area contributed by atoms with Crippen molar-refractivity contribution in [1.82, 2.24) is 9.88 Å². The quantitative estimate of drug-likeness (QED) is 0.774. The molecule has 0 bridgehead atoms. The molecule has 2 atom stereocenters. The summed E-state index contributed by atoms with van der Waals surface area (Å²) in [4.78, 5) is 28.4. The van der Waals surface area contributed by atoms with Crippen molar-refractivity contribution in [2.45, 2.75) is 25.5 Å². The van der Waals surface area contributed by atoms with Crippen molar-refractivity contribution in [2.24, 2.45) is 0 Å². The number of pyridine rings is 1. The number of β-amino-alcohol motifs (C(OH)–C–C–N with tert-alkyl or cyclic N) is 1. The maximum Gasteiger partial charge on any atom is 0.326 e. The molecule has 1 aromatic heterocycles. The van der Waals surface area contributed by atoms with E-state index in [1.165, 1.54) is 11.1 Å². The summed E-state index contributed by atoms with van der Waals surface area (Å²) in [7, 11) is 0. The highest BCUT2D eigenvalue weighted by molar-refractivity contribution is 5.96. The van der Waals surface area contributed by atoms with E-state index in [1.807, 2.05) is 0 Å². The Bertz CT molecular complexity index is 489. The monoisotopic (exact) mass is 250 g/mol. The van der Waals surface area contributed by atoms with Gasteiger partial charge in [0.25, 0.3) is 5.91 Å². The second-order valence-electron chi connectivity index (χ2n) is 4.37. The molecular formula is C12H14N2O4. The van der Waals surface area contributed by atoms with Crippen LogP contribution in [0, 0.1) is 6.92 Å². The summed E-state index contributed by atoms with van der Waals surface area (Å²) in [5.74, 6) is -1.55. The molecule has 1 fully saturated rings. The third kappa shape index (κ3) is 2.19. The number of likely N-dealkylation sites (tertiary alicyclic amines) is 1. The van der Waals surface area contributed by atoms with E-state index in [9.17, 15) is 14.7 Å². The molecule has 0 radical (unpaired) electrons. The number of nitrogens with zero attached hydrogens (tertiary/aromatic N) is 2. The maximum absolute atomic E-state index is 12.2. The van der Waals surface area contributed by atoms with Gasteiger partial charge in [-0.2, -0.15) is 0 Å². The number of carbonyl (C=O) groups is 2. The van der Waals surface area contributed by atoms with Gasteiger partial charge in [0.1, 0.15) is 11.7 Å². The highest BCUT2D eigenvalue weighted by Crippen LogP contribution is 2.21. The predicted molar refractivity (Wildman–Crippen MR) is 62.1 cm³/mol. The fourth-order valence-electron chi connectivity index (χ4n) is 2.12. The van der Waals surface area contributed by atoms with Crippen LogP contribution in [0.15, 0.2) is 18.3 Å². The van der Waals surface area contributed by atoms with E-state index in [0.717, 1.165) is 0 Å². The van der Waals surface area contributed by atoms with Gasteiger partial charge in [0.15, 0.2) is 0 Å². The highest BCUT2D eigenvalue weighted by atomic mass is 16.4. The van der Waals surface area contributed by atoms with E-state index < -0.39 is 24.0 Å². The van der Waals surface area contributed by atoms with Crippen LogP contribution >= 0.6 is 0 Å². The van der Waals surface area contributed by atoms with Gasteiger partial charge in [-0.1, -0.05) is 6.07 Å². The number of aliphatic hydroxyl groups is 1. The third-order valence-electron chi connectivity index (χ3n) is 3.04. The molecule has 0 aromatic carbocycles. The Morgan fingerprint density at radius 2 is 2.22 bits per heavy atom. The van der Waals surface area contributed by atoms with Gasteiger partial charge in [0.05, 0.1) is 6.10 Å². The van der Waals surface area contributed by atoms with Crippen LogP contribution in [0.4, 0.5) is 0 Å². The van der Waals surface area contributed by atoms with Crippen molar-refractivity contribution in [3.05, 3.63) is 29.6 Å². The Kier molecular flexibility index (Phi) is 3.29. The fraction of sp³-hybridized carbons (Fsp3) is 0.417. The van der Waals surface area contributed by atoms with Gasteiger partial charge in [-0.15, -0.1) is 0 Å². The van der Waals surface area contributed by atoms with Crippen LogP contribution in [0.25, 0.3) is 0 Å². The van der Waals surface area contributed by atoms with E-state index in [2.05, 4.69) is 4.98 Å². The summed E-state index contributed by atoms with van der Waals surface area (Å²) in [5, 5.41) is 18.5. The molecule has 0 aliphatic carbocycles. The van der Waals surface area contributed by atoms with Crippen molar-refractivity contribution in [2.75, 3.05) is 6.54 Å². The number of carboxylic acid groups (broad SMARTS) is 1. The maximum atomic E-state index is 12.2. The number of aliphatic carboxylic acids is 1. The minimum Gasteiger partial charge on any atom is -0.480 e. The van der Waals surface area contributed by atoms with Crippen LogP contribution in [0.1, 0.15) is 22.5 Å². The molecule has 2 unspecified atom stereocenters. The summed E-state index contributed by atoms with van der Waals surface area (Å²) in [6.07, 6.45) is 0.759. The number of carbonyl (C=O) groups excluding carboxylic acids is 1. The molecular weight excluding hydrogens is 236 g/mol. The molecule has 1 aliphatic rings. The zero-order valence-electron chi connectivity index (χ0n) is 9.91. The zero-order valence-corrected chi connectivity index (χ0v) is 9.91. The Labute approximate surface area is 104 Å². The zero-order chi connectivity index (χ0) is 13.3. The molecule has 6 heteroatoms. The first-order valence-electron chi connectivity index (χ1n) is 5.64. The molecule has 1 amide bonds. The average Bonchev–Trinajstić information content (AvgIpc) is 2.71. The molecule has 2 rings (SSSR count). The molecule has 2 N–H and O–H groups in total. The minimum absolute atomic E-state index is 0.0335. The van der Waals surface area contributed by atoms with E-state index >= 15 is 0 Å². The molecule has 0 spiro atoms. The number of aromatic nitrogens is 1. The molecule has 1 saturated heterocycles. The molecule has 96 valence electrons. The lowest BCUT2D eigenvalue weighted by atomic mass is 10.1. The second-order valence-corrected chi connectivity index (χ2v) is 4.37. The number of amides is 1. The fourth-order valence-corrected chi connectivity index (χ4v) is 2.12. The van der Waals surface area contributed by atoms with E-state index in [-0.39, 0.29) is 18.7 Å². The topological polar surface area (TPSA) is 90.7 Å². The number of hydrogen-bond acceptors (Lipinski definition) is 4. The first kappa shape index (κ1) is 12.5. The Morgan fingerprint density at radius 3 is 2.83 bits per heavy atom. The number of carboxylic acids is 1. The Morgan fingerprint density at radius 1 is 1.50 bits per heavy atom. The molecule has 18 heavy (non-hydrogen) atoms. The summed E-state index contributed by atoms with van der Waals surface area (Å²) >= 11 is 0. The van der Waals surface area contributed by atoms with Crippen molar-refractivity contribution < 1.29 is 19.8 Å². The van der Waals surface area contributed by atoms with Crippen molar-refractivity contribution >= 4 is 11.9 Å². The number of aryl methyl sites for hydroxylation is 1. The molecule has 6 nitrogen and oxygen atoms in total. The summed E-state index contributed by atoms with van der Waals surface area (Å²) in [6.45, 7) is 1.77. The van der Waals surface area contributed by atoms with Crippen molar-refractivity contribution in [1.29, 1.82) is 0 Å². The lowest BCUT2D eigenvalue weighted by Crippen LogP contribution is -2.41. The van der Waals surface area contributed by atoms with Crippen LogP contribution in [0.2, 0.25) is 0 Å². The second kappa shape index (κ2) is 4.73. The number of hydrogen-bond donors (Lipinski definition) is 2. The number of aliphatic hydroxyl groups excluding tert-OH is 1. The van der Waals surface area contributed by atoms with E-state index in [0.29, 0.717) is 5.56 Å². The van der Waals surface area contributed by atoms with Crippen LogP contribution in [-0.4, -0.2) is 50.7 Å². The number of rotatable bonds is 2. The van der Waals surface area contributed by atoms with Crippen molar-refractivity contribution in [3.63, 3.8) is 0 Å². The summed E-state index contributed by atoms with van der Waals surface area (Å²) in [5.41, 5.74) is 0.922. The van der Waals surface area contributed by atoms with Crippen LogP contribution in [-0.2, 0) is 4.79 Å². The Balaban J connectivity index is 2.28. The predicted octanol–water partition coefficient (Wildman–Crippen LogP) is 0.0500. The largest absolute Gasteiger partial charge is 0.480 e. The van der Waals surface area contributed by atoms with Gasteiger partial charge in [-0.3, -0.25) is 9.78 Å². The first-order valence-corrected chi connectivity index (χ1v) is 5.64. The van der Waals surface area contributed by atoms with E-state index in [1.54, 1.807) is 19.1 Å². The first-order chi connectivity index (χ1) is 8.50. The van der Waals surface area contributed by atoms with Crippen LogP contribution in [0.5, 0.6) is 0 Å². The highest BCUT2D eigenvalue weighted by Gasteiger charge is 2.39. The summed E-state index contributed by atoms with van der Waals surface area (Å²) in [6, 6.07) is 2.47. The average molecular weight is 250 g/mol. The van der Waals surface area contributed by atoms with Gasteiger partial charge >= 0.3 is 5.97 Å². The van der Waals surface area contributed by atoms with Crippen LogP contribution in [0.3, 0.4) is 0 Å². The SMILES string of the molecule is Cc1cccnc1C(=O)N1CC(O)CC1C(=O)O. The molecule has 1 aliphatic heterocycles. The van der Waals surface area contributed by atoms with Gasteiger partial charge in [-0.05, 0) is 18.6 Å². The lowest BCUT2D eigenvalue weighted by Gasteiger charge is -2.21. The van der Waals surface area contributed by atoms with Crippen LogP contribution < -0.4 is 0 Å². The lowest BCUT2D eigenvalue weighted by molar-refractivity contribution is -0.141. The van der Waals surface area contributed by atoms with E-state index in [4.69, 9.17) is 5.11 Å². The normalized spacial score (nSPS) is 23.1. The molecule has 1 aromatic rings. The van der Waals surface area contributed by atoms with Crippen molar-refractivity contribution in [3.8, 4) is 0 Å². The Hall–Kier alpha value is -1.95. The van der Waals surface area contributed by atoms with Gasteiger partial charge in [-0.25, -0.2) is 4.79 Å². The molecule has 0 saturated carbocycles. The third-order valence-corrected chi connectivity index (χ3v) is 3.04. The minimum atomic E-state index is -1.10. The van der Waals surface area contributed by atoms with Gasteiger partial charge in [0.2, 0.25) is 0 Å². The standard InChI is InChI=1S/C12H14N2O4/c1-7-3-2-4-13-10(7)11(16)14-6-8(15)5-9(14)12(17)18/h2-4,8-9,15H,5-6H2,1H3,(H,17,18). The molecule has 2 heterocycles. The van der Waals surface area contributed by atoms with Gasteiger partial charge < -0.3 is 15.1 Å². The summed E-state index contributed by atoms with van der Waals surface area (Å²) < 4.78 is 0. The smallest absolute Gasteiger partial charge is 0.326 e. The van der Waals surface area contributed by atoms with Gasteiger partial charge in [0, 0.05) is 19.2 Å².